The summed E-state index contributed by atoms with van der Waals surface area (Å²) in [5, 5.41) is 9.96. The Labute approximate surface area is 166 Å². The minimum absolute atomic E-state index is 0.107. The highest BCUT2D eigenvalue weighted by molar-refractivity contribution is 7.99. The number of para-hydroxylation sites is 2. The summed E-state index contributed by atoms with van der Waals surface area (Å²) < 4.78 is 1.54. The number of carbonyl (C=O) groups excluding carboxylic acids is 2. The Morgan fingerprint density at radius 1 is 1.25 bits per heavy atom. The Balaban J connectivity index is 1.63. The van der Waals surface area contributed by atoms with Gasteiger partial charge in [0.25, 0.3) is 5.91 Å². The van der Waals surface area contributed by atoms with Gasteiger partial charge in [-0.05, 0) is 31.4 Å². The lowest BCUT2D eigenvalue weighted by atomic mass is 9.90. The molecule has 2 aliphatic rings. The number of H-pyrrole nitrogens is 1. The largest absolute Gasteiger partial charge is 0.343 e. The number of fused-ring (bicyclic) bond motifs is 1. The van der Waals surface area contributed by atoms with Crippen molar-refractivity contribution in [3.63, 3.8) is 0 Å². The quantitative estimate of drug-likeness (QED) is 0.749. The molecule has 0 radical (unpaired) electrons. The average Bonchev–Trinajstić information content (AvgIpc) is 3.30. The number of hydrogen-bond donors (Lipinski definition) is 2. The van der Waals surface area contributed by atoms with Crippen LogP contribution in [0.2, 0.25) is 0 Å². The highest BCUT2D eigenvalue weighted by Crippen LogP contribution is 2.45. The number of hydrogen-bond acceptors (Lipinski definition) is 5. The first-order valence-electron chi connectivity index (χ1n) is 9.58. The van der Waals surface area contributed by atoms with Gasteiger partial charge < -0.3 is 5.32 Å². The van der Waals surface area contributed by atoms with E-state index in [2.05, 4.69) is 15.5 Å². The zero-order valence-corrected chi connectivity index (χ0v) is 16.6. The maximum atomic E-state index is 13.3. The zero-order valence-electron chi connectivity index (χ0n) is 15.7. The summed E-state index contributed by atoms with van der Waals surface area (Å²) in [6, 6.07) is 7.41. The first kappa shape index (κ1) is 18.8. The lowest BCUT2D eigenvalue weighted by Gasteiger charge is -2.44. The van der Waals surface area contributed by atoms with Gasteiger partial charge in [0, 0.05) is 6.54 Å². The minimum atomic E-state index is -0.819. The molecule has 148 valence electrons. The second-order valence-corrected chi connectivity index (χ2v) is 8.13. The van der Waals surface area contributed by atoms with Gasteiger partial charge in [0.2, 0.25) is 5.91 Å². The number of aromatic amines is 1. The summed E-state index contributed by atoms with van der Waals surface area (Å²) in [6.07, 6.45) is 3.95. The molecule has 2 heterocycles. The third-order valence-electron chi connectivity index (χ3n) is 5.42. The van der Waals surface area contributed by atoms with Gasteiger partial charge >= 0.3 is 5.69 Å². The van der Waals surface area contributed by atoms with Gasteiger partial charge in [-0.1, -0.05) is 43.7 Å². The summed E-state index contributed by atoms with van der Waals surface area (Å²) in [4.78, 5) is 39.8. The Morgan fingerprint density at radius 3 is 2.75 bits per heavy atom. The number of anilines is 2. The molecule has 1 aliphatic heterocycles. The minimum Gasteiger partial charge on any atom is -0.322 e. The van der Waals surface area contributed by atoms with E-state index in [0.717, 1.165) is 24.9 Å². The molecule has 2 N–H and O–H groups in total. The van der Waals surface area contributed by atoms with Crippen molar-refractivity contribution in [3.05, 3.63) is 34.7 Å². The molecule has 4 rings (SSSR count). The van der Waals surface area contributed by atoms with Crippen molar-refractivity contribution in [2.24, 2.45) is 0 Å². The highest BCUT2D eigenvalue weighted by atomic mass is 32.2. The molecule has 2 aromatic rings. The van der Waals surface area contributed by atoms with E-state index in [1.54, 1.807) is 9.47 Å². The van der Waals surface area contributed by atoms with Crippen molar-refractivity contribution in [2.45, 2.75) is 56.3 Å². The molecular formula is C19H23N5O3S. The number of benzene rings is 1. The molecule has 1 spiro atoms. The van der Waals surface area contributed by atoms with Crippen LogP contribution in [0.5, 0.6) is 0 Å². The normalized spacial score (nSPS) is 17.6. The monoisotopic (exact) mass is 401 g/mol. The molecular weight excluding hydrogens is 378 g/mol. The molecule has 0 saturated heterocycles. The second kappa shape index (κ2) is 7.46. The van der Waals surface area contributed by atoms with Crippen LogP contribution in [0.3, 0.4) is 0 Å². The summed E-state index contributed by atoms with van der Waals surface area (Å²) in [6.45, 7) is 2.52. The van der Waals surface area contributed by atoms with Gasteiger partial charge in [0.15, 0.2) is 5.16 Å². The van der Waals surface area contributed by atoms with Gasteiger partial charge in [0.05, 0.1) is 17.1 Å². The van der Waals surface area contributed by atoms with Crippen LogP contribution in [-0.4, -0.2) is 37.9 Å². The molecule has 0 bridgehead atoms. The van der Waals surface area contributed by atoms with Gasteiger partial charge in [-0.3, -0.25) is 19.1 Å². The van der Waals surface area contributed by atoms with Crippen molar-refractivity contribution in [2.75, 3.05) is 16.0 Å². The van der Waals surface area contributed by atoms with Crippen molar-refractivity contribution >= 4 is 35.0 Å². The summed E-state index contributed by atoms with van der Waals surface area (Å²) in [5.41, 5.74) is 0.307. The number of aromatic nitrogens is 3. The number of rotatable bonds is 5. The molecule has 0 atom stereocenters. The van der Waals surface area contributed by atoms with E-state index in [1.807, 2.05) is 31.2 Å². The maximum Gasteiger partial charge on any atom is 0.343 e. The van der Waals surface area contributed by atoms with Crippen molar-refractivity contribution in [3.8, 4) is 0 Å². The van der Waals surface area contributed by atoms with Gasteiger partial charge in [0.1, 0.15) is 5.54 Å². The summed E-state index contributed by atoms with van der Waals surface area (Å²) in [5.74, 6) is -0.144. The lowest BCUT2D eigenvalue weighted by molar-refractivity contribution is -0.126. The number of thioether (sulfide) groups is 1. The lowest BCUT2D eigenvalue weighted by Crippen LogP contribution is -2.61. The van der Waals surface area contributed by atoms with Crippen LogP contribution in [0.15, 0.2) is 34.2 Å². The third kappa shape index (κ3) is 3.03. The Hall–Kier alpha value is -2.55. The van der Waals surface area contributed by atoms with E-state index < -0.39 is 5.54 Å². The molecule has 28 heavy (non-hydrogen) atoms. The SMILES string of the molecule is CCCn1c(SCC(=O)N2c3ccccc3NC(=O)C23CCCC3)n[nH]c1=O. The zero-order chi connectivity index (χ0) is 19.7. The molecule has 0 unspecified atom stereocenters. The predicted molar refractivity (Wildman–Crippen MR) is 108 cm³/mol. The predicted octanol–water partition coefficient (Wildman–Crippen LogP) is 2.37. The van der Waals surface area contributed by atoms with Gasteiger partial charge in [-0.25, -0.2) is 9.89 Å². The standard InChI is InChI=1S/C19H23N5O3S/c1-2-11-23-17(27)21-22-18(23)28-12-15(25)24-14-8-4-3-7-13(14)20-16(26)19(24)9-5-6-10-19/h3-4,7-8H,2,5-6,9-12H2,1H3,(H,20,26)(H,21,27). The summed E-state index contributed by atoms with van der Waals surface area (Å²) in [7, 11) is 0. The maximum absolute atomic E-state index is 13.3. The average molecular weight is 401 g/mol. The smallest absolute Gasteiger partial charge is 0.322 e. The van der Waals surface area contributed by atoms with Crippen LogP contribution in [-0.2, 0) is 16.1 Å². The fraction of sp³-hybridized carbons (Fsp3) is 0.474. The van der Waals surface area contributed by atoms with Crippen molar-refractivity contribution < 1.29 is 9.59 Å². The summed E-state index contributed by atoms with van der Waals surface area (Å²) >= 11 is 1.23. The van der Waals surface area contributed by atoms with Crippen LogP contribution in [0.25, 0.3) is 0 Å². The van der Waals surface area contributed by atoms with Crippen LogP contribution >= 0.6 is 11.8 Å². The Morgan fingerprint density at radius 2 is 2.00 bits per heavy atom. The fourth-order valence-electron chi connectivity index (χ4n) is 4.15. The van der Waals surface area contributed by atoms with E-state index in [1.165, 1.54) is 11.8 Å². The molecule has 1 saturated carbocycles. The number of nitrogens with zero attached hydrogens (tertiary/aromatic N) is 3. The van der Waals surface area contributed by atoms with Gasteiger partial charge in [-0.15, -0.1) is 5.10 Å². The van der Waals surface area contributed by atoms with E-state index in [4.69, 9.17) is 0 Å². The molecule has 1 fully saturated rings. The fourth-order valence-corrected chi connectivity index (χ4v) is 4.98. The van der Waals surface area contributed by atoms with E-state index in [0.29, 0.717) is 30.2 Å². The molecule has 1 aromatic carbocycles. The topological polar surface area (TPSA) is 100 Å². The molecule has 8 nitrogen and oxygen atoms in total. The molecule has 1 aromatic heterocycles. The number of amides is 2. The Kier molecular flexibility index (Phi) is 5.01. The number of nitrogens with one attached hydrogen (secondary N) is 2. The highest BCUT2D eigenvalue weighted by Gasteiger charge is 2.52. The number of carbonyl (C=O) groups is 2. The van der Waals surface area contributed by atoms with Gasteiger partial charge in [-0.2, -0.15) is 0 Å². The first-order valence-corrected chi connectivity index (χ1v) is 10.6. The molecule has 9 heteroatoms. The van der Waals surface area contributed by atoms with E-state index in [9.17, 15) is 14.4 Å². The molecule has 2 amide bonds. The second-order valence-electron chi connectivity index (χ2n) is 7.19. The van der Waals surface area contributed by atoms with Crippen molar-refractivity contribution in [1.82, 2.24) is 14.8 Å². The third-order valence-corrected chi connectivity index (χ3v) is 6.38. The van der Waals surface area contributed by atoms with Crippen LogP contribution in [0.4, 0.5) is 11.4 Å². The van der Waals surface area contributed by atoms with Crippen LogP contribution < -0.4 is 15.9 Å². The van der Waals surface area contributed by atoms with E-state index >= 15 is 0 Å². The van der Waals surface area contributed by atoms with Crippen LogP contribution in [0.1, 0.15) is 39.0 Å². The van der Waals surface area contributed by atoms with Crippen LogP contribution in [0, 0.1) is 0 Å². The van der Waals surface area contributed by atoms with Crippen molar-refractivity contribution in [1.29, 1.82) is 0 Å². The molecule has 1 aliphatic carbocycles. The first-order chi connectivity index (χ1) is 13.6. The van der Waals surface area contributed by atoms with E-state index in [-0.39, 0.29) is 23.3 Å². The Bertz CT molecular complexity index is 960.